The first-order valence-electron chi connectivity index (χ1n) is 6.03. The molecule has 1 aromatic rings. The molecule has 0 saturated carbocycles. The summed E-state index contributed by atoms with van der Waals surface area (Å²) in [5.41, 5.74) is 0.616. The van der Waals surface area contributed by atoms with E-state index in [1.54, 1.807) is 6.92 Å². The van der Waals surface area contributed by atoms with Crippen LogP contribution in [0.2, 0.25) is 0 Å². The smallest absolute Gasteiger partial charge is 0.312 e. The predicted octanol–water partition coefficient (Wildman–Crippen LogP) is 2.96. The number of rotatable bonds is 3. The molecule has 2 rings (SSSR count). The normalized spacial score (nSPS) is 15.6. The van der Waals surface area contributed by atoms with Gasteiger partial charge < -0.3 is 4.84 Å². The van der Waals surface area contributed by atoms with Crippen molar-refractivity contribution < 1.29 is 19.3 Å². The molecule has 0 aromatic heterocycles. The molecule has 0 heterocycles. The zero-order valence-corrected chi connectivity index (χ0v) is 12.9. The van der Waals surface area contributed by atoms with Crippen molar-refractivity contribution in [3.8, 4) is 0 Å². The zero-order chi connectivity index (χ0) is 16.3. The van der Waals surface area contributed by atoms with Crippen molar-refractivity contribution in [1.29, 1.82) is 0 Å². The van der Waals surface area contributed by atoms with Crippen molar-refractivity contribution in [2.24, 2.45) is 5.16 Å². The van der Waals surface area contributed by atoms with Gasteiger partial charge >= 0.3 is 5.97 Å². The molecule has 112 valence electrons. The summed E-state index contributed by atoms with van der Waals surface area (Å²) in [6.45, 7) is 1.65. The standard InChI is InChI=1S/C14H9BrN2O5/c1-8-7-9(18)5-6-11(8)16-22-14(19)10-3-2-4-12(13(10)15)17(20)21/h2-7H,1H3/b16-11+. The summed E-state index contributed by atoms with van der Waals surface area (Å²) in [4.78, 5) is 38.1. The molecule has 1 aliphatic rings. The van der Waals surface area contributed by atoms with Gasteiger partial charge in [0.05, 0.1) is 10.5 Å². The summed E-state index contributed by atoms with van der Waals surface area (Å²) in [5.74, 6) is -1.02. The lowest BCUT2D eigenvalue weighted by Crippen LogP contribution is -2.09. The lowest BCUT2D eigenvalue weighted by atomic mass is 10.1. The summed E-state index contributed by atoms with van der Waals surface area (Å²) in [6.07, 6.45) is 4.08. The summed E-state index contributed by atoms with van der Waals surface area (Å²) < 4.78 is 0.0202. The molecule has 22 heavy (non-hydrogen) atoms. The Morgan fingerprint density at radius 3 is 2.73 bits per heavy atom. The predicted molar refractivity (Wildman–Crippen MR) is 81.6 cm³/mol. The van der Waals surface area contributed by atoms with E-state index < -0.39 is 10.9 Å². The number of halogens is 1. The number of ketones is 1. The lowest BCUT2D eigenvalue weighted by Gasteiger charge is -2.06. The van der Waals surface area contributed by atoms with Crippen molar-refractivity contribution in [1.82, 2.24) is 0 Å². The Morgan fingerprint density at radius 2 is 2.09 bits per heavy atom. The molecule has 0 aliphatic heterocycles. The number of nitro groups is 1. The highest BCUT2D eigenvalue weighted by atomic mass is 79.9. The number of oxime groups is 1. The minimum absolute atomic E-state index is 0.0175. The second kappa shape index (κ2) is 6.44. The largest absolute Gasteiger partial charge is 0.367 e. The van der Waals surface area contributed by atoms with Gasteiger partial charge in [-0.05, 0) is 52.7 Å². The van der Waals surface area contributed by atoms with E-state index >= 15 is 0 Å². The topological polar surface area (TPSA) is 98.9 Å². The van der Waals surface area contributed by atoms with Gasteiger partial charge in [0.15, 0.2) is 5.78 Å². The number of carbonyl (C=O) groups excluding carboxylic acids is 2. The number of carbonyl (C=O) groups is 2. The molecule has 0 unspecified atom stereocenters. The summed E-state index contributed by atoms with van der Waals surface area (Å²) in [7, 11) is 0. The quantitative estimate of drug-likeness (QED) is 0.355. The maximum absolute atomic E-state index is 12.0. The fourth-order valence-electron chi connectivity index (χ4n) is 1.69. The minimum Gasteiger partial charge on any atom is -0.312 e. The van der Waals surface area contributed by atoms with E-state index in [0.29, 0.717) is 11.3 Å². The SMILES string of the molecule is CC1=CC(=O)C=C/C1=N\OC(=O)c1cccc([N+](=O)[O-])c1Br. The van der Waals surface area contributed by atoms with Crippen LogP contribution in [0, 0.1) is 10.1 Å². The van der Waals surface area contributed by atoms with Crippen molar-refractivity contribution in [2.45, 2.75) is 6.92 Å². The van der Waals surface area contributed by atoms with Crippen LogP contribution in [0.25, 0.3) is 0 Å². The zero-order valence-electron chi connectivity index (χ0n) is 11.3. The first-order valence-corrected chi connectivity index (χ1v) is 6.82. The Kier molecular flexibility index (Phi) is 4.62. The number of hydrogen-bond donors (Lipinski definition) is 0. The molecule has 8 heteroatoms. The third-order valence-electron chi connectivity index (χ3n) is 2.79. The summed E-state index contributed by atoms with van der Waals surface area (Å²) in [6, 6.07) is 4.01. The van der Waals surface area contributed by atoms with E-state index in [0.717, 1.165) is 0 Å². The van der Waals surface area contributed by atoms with Crippen molar-refractivity contribution in [3.63, 3.8) is 0 Å². The molecule has 0 amide bonds. The second-order valence-corrected chi connectivity index (χ2v) is 5.11. The van der Waals surface area contributed by atoms with Crippen LogP contribution >= 0.6 is 15.9 Å². The fraction of sp³-hybridized carbons (Fsp3) is 0.0714. The summed E-state index contributed by atoms with van der Waals surface area (Å²) in [5, 5.41) is 14.5. The molecule has 0 bridgehead atoms. The highest BCUT2D eigenvalue weighted by Gasteiger charge is 2.21. The molecular formula is C14H9BrN2O5. The van der Waals surface area contributed by atoms with E-state index in [1.165, 1.54) is 36.4 Å². The third-order valence-corrected chi connectivity index (χ3v) is 3.62. The molecular weight excluding hydrogens is 356 g/mol. The number of hydrogen-bond acceptors (Lipinski definition) is 6. The number of allylic oxidation sites excluding steroid dienone is 4. The van der Waals surface area contributed by atoms with E-state index in [-0.39, 0.29) is 21.5 Å². The average Bonchev–Trinajstić information content (AvgIpc) is 2.46. The molecule has 7 nitrogen and oxygen atoms in total. The van der Waals surface area contributed by atoms with Gasteiger partial charge in [0.2, 0.25) is 0 Å². The van der Waals surface area contributed by atoms with Gasteiger partial charge in [-0.15, -0.1) is 0 Å². The van der Waals surface area contributed by atoms with Crippen LogP contribution in [0.5, 0.6) is 0 Å². The van der Waals surface area contributed by atoms with Crippen LogP contribution in [0.1, 0.15) is 17.3 Å². The van der Waals surface area contributed by atoms with Gasteiger partial charge in [0.1, 0.15) is 10.2 Å². The average molecular weight is 365 g/mol. The molecule has 0 spiro atoms. The maximum atomic E-state index is 12.0. The minimum atomic E-state index is -0.846. The Hall–Kier alpha value is -2.61. The Labute approximate surface area is 133 Å². The van der Waals surface area contributed by atoms with Gasteiger partial charge in [0, 0.05) is 6.07 Å². The number of benzene rings is 1. The monoisotopic (exact) mass is 364 g/mol. The van der Waals surface area contributed by atoms with E-state index in [1.807, 2.05) is 0 Å². The van der Waals surface area contributed by atoms with Crippen LogP contribution in [0.15, 0.2) is 51.6 Å². The van der Waals surface area contributed by atoms with Crippen molar-refractivity contribution in [2.75, 3.05) is 0 Å². The second-order valence-electron chi connectivity index (χ2n) is 4.31. The summed E-state index contributed by atoms with van der Waals surface area (Å²) >= 11 is 3.01. The van der Waals surface area contributed by atoms with Gasteiger partial charge in [-0.3, -0.25) is 14.9 Å². The van der Waals surface area contributed by atoms with Gasteiger partial charge in [-0.25, -0.2) is 4.79 Å². The highest BCUT2D eigenvalue weighted by molar-refractivity contribution is 9.10. The van der Waals surface area contributed by atoms with Crippen LogP contribution in [0.4, 0.5) is 5.69 Å². The fourth-order valence-corrected chi connectivity index (χ4v) is 2.26. The van der Waals surface area contributed by atoms with E-state index in [2.05, 4.69) is 21.1 Å². The van der Waals surface area contributed by atoms with Crippen LogP contribution in [-0.4, -0.2) is 22.4 Å². The highest BCUT2D eigenvalue weighted by Crippen LogP contribution is 2.28. The number of nitro benzene ring substituents is 1. The van der Waals surface area contributed by atoms with E-state index in [4.69, 9.17) is 4.84 Å². The van der Waals surface area contributed by atoms with Gasteiger partial charge in [0.25, 0.3) is 5.69 Å². The lowest BCUT2D eigenvalue weighted by molar-refractivity contribution is -0.385. The van der Waals surface area contributed by atoms with Crippen molar-refractivity contribution >= 4 is 39.1 Å². The van der Waals surface area contributed by atoms with Gasteiger partial charge in [-0.2, -0.15) is 0 Å². The first kappa shape index (κ1) is 15.8. The molecule has 1 aromatic carbocycles. The Bertz CT molecular complexity index is 764. The molecule has 0 atom stereocenters. The van der Waals surface area contributed by atoms with Crippen LogP contribution in [0.3, 0.4) is 0 Å². The molecule has 0 N–H and O–H groups in total. The molecule has 0 radical (unpaired) electrons. The third kappa shape index (κ3) is 3.34. The van der Waals surface area contributed by atoms with Gasteiger partial charge in [-0.1, -0.05) is 11.2 Å². The Morgan fingerprint density at radius 1 is 1.36 bits per heavy atom. The van der Waals surface area contributed by atoms with Crippen LogP contribution < -0.4 is 0 Å². The molecule has 0 saturated heterocycles. The Balaban J connectivity index is 2.22. The van der Waals surface area contributed by atoms with E-state index in [9.17, 15) is 19.7 Å². The maximum Gasteiger partial charge on any atom is 0.367 e. The molecule has 0 fully saturated rings. The number of nitrogens with zero attached hydrogens (tertiary/aromatic N) is 2. The van der Waals surface area contributed by atoms with Crippen LogP contribution in [-0.2, 0) is 9.63 Å². The van der Waals surface area contributed by atoms with Crippen molar-refractivity contribution in [3.05, 3.63) is 62.2 Å². The first-order chi connectivity index (χ1) is 10.4. The molecule has 1 aliphatic carbocycles.